The fourth-order valence-electron chi connectivity index (χ4n) is 1.64. The number of hydrogen-bond acceptors (Lipinski definition) is 4. The molecule has 7 nitrogen and oxygen atoms in total. The number of aliphatic carboxylic acids is 1. The minimum Gasteiger partial charge on any atom is -0.480 e. The van der Waals surface area contributed by atoms with Crippen LogP contribution in [0.5, 0.6) is 0 Å². The van der Waals surface area contributed by atoms with Crippen LogP contribution in [0.4, 0.5) is 0 Å². The van der Waals surface area contributed by atoms with Crippen LogP contribution < -0.4 is 11.1 Å². The normalized spacial score (nSPS) is 11.9. The SMILES string of the molecule is Cc1cc(C(=O)N[C@H](CCC(N)=O)C(=O)O)c(C)o1. The lowest BCUT2D eigenvalue weighted by molar-refractivity contribution is -0.139. The molecule has 4 N–H and O–H groups in total. The van der Waals surface area contributed by atoms with Gasteiger partial charge in [-0.3, -0.25) is 9.59 Å². The van der Waals surface area contributed by atoms with Crippen molar-refractivity contribution in [1.29, 1.82) is 0 Å². The molecular weight excluding hydrogens is 252 g/mol. The monoisotopic (exact) mass is 268 g/mol. The van der Waals surface area contributed by atoms with Crippen LogP contribution in [0.15, 0.2) is 10.5 Å². The highest BCUT2D eigenvalue weighted by Gasteiger charge is 2.23. The summed E-state index contributed by atoms with van der Waals surface area (Å²) in [7, 11) is 0. The van der Waals surface area contributed by atoms with Crippen molar-refractivity contribution in [3.8, 4) is 0 Å². The molecule has 0 radical (unpaired) electrons. The number of carbonyl (C=O) groups is 3. The lowest BCUT2D eigenvalue weighted by Gasteiger charge is -2.13. The zero-order chi connectivity index (χ0) is 14.6. The van der Waals surface area contributed by atoms with Gasteiger partial charge in [0.25, 0.3) is 5.91 Å². The molecule has 1 heterocycles. The molecule has 0 aromatic carbocycles. The first-order chi connectivity index (χ1) is 8.81. The number of carboxylic acid groups (broad SMARTS) is 1. The number of primary amides is 1. The third kappa shape index (κ3) is 4.13. The van der Waals surface area contributed by atoms with Gasteiger partial charge in [0.2, 0.25) is 5.91 Å². The van der Waals surface area contributed by atoms with Gasteiger partial charge in [0.1, 0.15) is 17.6 Å². The maximum absolute atomic E-state index is 11.9. The fourth-order valence-corrected chi connectivity index (χ4v) is 1.64. The zero-order valence-corrected chi connectivity index (χ0v) is 10.7. The molecule has 0 aliphatic carbocycles. The van der Waals surface area contributed by atoms with Gasteiger partial charge in [-0.15, -0.1) is 0 Å². The summed E-state index contributed by atoms with van der Waals surface area (Å²) in [5, 5.41) is 11.3. The number of nitrogens with two attached hydrogens (primary N) is 1. The highest BCUT2D eigenvalue weighted by atomic mass is 16.4. The van der Waals surface area contributed by atoms with Crippen LogP contribution in [0.2, 0.25) is 0 Å². The van der Waals surface area contributed by atoms with E-state index >= 15 is 0 Å². The van der Waals surface area contributed by atoms with Crippen LogP contribution in [0.3, 0.4) is 0 Å². The van der Waals surface area contributed by atoms with Crippen LogP contribution in [0.1, 0.15) is 34.7 Å². The molecule has 1 aromatic heterocycles. The van der Waals surface area contributed by atoms with Crippen molar-refractivity contribution in [3.05, 3.63) is 23.2 Å². The number of aryl methyl sites for hydroxylation is 2. The molecule has 0 spiro atoms. The summed E-state index contributed by atoms with van der Waals surface area (Å²) in [5.41, 5.74) is 5.23. The average molecular weight is 268 g/mol. The van der Waals surface area contributed by atoms with Gasteiger partial charge in [-0.1, -0.05) is 0 Å². The Hall–Kier alpha value is -2.31. The smallest absolute Gasteiger partial charge is 0.326 e. The highest BCUT2D eigenvalue weighted by molar-refractivity contribution is 5.97. The van der Waals surface area contributed by atoms with Crippen molar-refractivity contribution >= 4 is 17.8 Å². The van der Waals surface area contributed by atoms with E-state index in [2.05, 4.69) is 5.32 Å². The van der Waals surface area contributed by atoms with Crippen molar-refractivity contribution in [2.24, 2.45) is 5.73 Å². The summed E-state index contributed by atoms with van der Waals surface area (Å²) >= 11 is 0. The van der Waals surface area contributed by atoms with Crippen LogP contribution in [0.25, 0.3) is 0 Å². The van der Waals surface area contributed by atoms with Crippen LogP contribution >= 0.6 is 0 Å². The van der Waals surface area contributed by atoms with E-state index in [9.17, 15) is 14.4 Å². The van der Waals surface area contributed by atoms with Gasteiger partial charge in [-0.25, -0.2) is 4.79 Å². The van der Waals surface area contributed by atoms with E-state index in [1.807, 2.05) is 0 Å². The van der Waals surface area contributed by atoms with E-state index in [4.69, 9.17) is 15.3 Å². The second-order valence-corrected chi connectivity index (χ2v) is 4.20. The third-order valence-electron chi connectivity index (χ3n) is 2.57. The summed E-state index contributed by atoms with van der Waals surface area (Å²) in [6.45, 7) is 3.30. The molecule has 1 rings (SSSR count). The molecule has 0 aliphatic heterocycles. The number of carbonyl (C=O) groups excluding carboxylic acids is 2. The van der Waals surface area contributed by atoms with Crippen molar-refractivity contribution in [1.82, 2.24) is 5.32 Å². The topological polar surface area (TPSA) is 123 Å². The van der Waals surface area contributed by atoms with E-state index < -0.39 is 23.8 Å². The Labute approximate surface area is 109 Å². The van der Waals surface area contributed by atoms with E-state index in [-0.39, 0.29) is 18.4 Å². The van der Waals surface area contributed by atoms with E-state index in [1.54, 1.807) is 13.8 Å². The summed E-state index contributed by atoms with van der Waals surface area (Å²) in [6.07, 6.45) is -0.160. The van der Waals surface area contributed by atoms with Gasteiger partial charge in [0, 0.05) is 6.42 Å². The third-order valence-corrected chi connectivity index (χ3v) is 2.57. The number of nitrogens with one attached hydrogen (secondary N) is 1. The Kier molecular flexibility index (Phi) is 4.68. The summed E-state index contributed by atoms with van der Waals surface area (Å²) in [5.74, 6) is -1.41. The molecule has 0 bridgehead atoms. The van der Waals surface area contributed by atoms with Crippen molar-refractivity contribution in [2.75, 3.05) is 0 Å². The highest BCUT2D eigenvalue weighted by Crippen LogP contribution is 2.14. The molecule has 1 aromatic rings. The lowest BCUT2D eigenvalue weighted by atomic mass is 10.1. The Morgan fingerprint density at radius 3 is 2.47 bits per heavy atom. The van der Waals surface area contributed by atoms with Gasteiger partial charge in [0.05, 0.1) is 5.56 Å². The van der Waals surface area contributed by atoms with Gasteiger partial charge >= 0.3 is 5.97 Å². The van der Waals surface area contributed by atoms with Gasteiger partial charge in [0.15, 0.2) is 0 Å². The molecule has 0 saturated heterocycles. The maximum atomic E-state index is 11.9. The Morgan fingerprint density at radius 2 is 2.05 bits per heavy atom. The second-order valence-electron chi connectivity index (χ2n) is 4.20. The molecule has 2 amide bonds. The quantitative estimate of drug-likeness (QED) is 0.686. The maximum Gasteiger partial charge on any atom is 0.326 e. The molecule has 1 atom stereocenters. The molecule has 0 saturated carbocycles. The first-order valence-corrected chi connectivity index (χ1v) is 5.70. The predicted molar refractivity (Wildman–Crippen MR) is 65.5 cm³/mol. The minimum absolute atomic E-state index is 0.0493. The predicted octanol–water partition coefficient (Wildman–Crippen LogP) is 0.345. The van der Waals surface area contributed by atoms with Crippen molar-refractivity contribution in [3.63, 3.8) is 0 Å². The van der Waals surface area contributed by atoms with Gasteiger partial charge < -0.3 is 20.6 Å². The largest absolute Gasteiger partial charge is 0.480 e. The summed E-state index contributed by atoms with van der Waals surface area (Å²) in [6, 6.07) is 0.368. The Morgan fingerprint density at radius 1 is 1.42 bits per heavy atom. The van der Waals surface area contributed by atoms with Crippen molar-refractivity contribution < 1.29 is 23.9 Å². The number of hydrogen-bond donors (Lipinski definition) is 3. The Balaban J connectivity index is 2.74. The molecule has 104 valence electrons. The average Bonchev–Trinajstić information content (AvgIpc) is 2.62. The van der Waals surface area contributed by atoms with Crippen LogP contribution in [-0.4, -0.2) is 28.9 Å². The van der Waals surface area contributed by atoms with Crippen molar-refractivity contribution in [2.45, 2.75) is 32.7 Å². The van der Waals surface area contributed by atoms with E-state index in [0.29, 0.717) is 11.5 Å². The summed E-state index contributed by atoms with van der Waals surface area (Å²) in [4.78, 5) is 33.5. The number of furan rings is 1. The van der Waals surface area contributed by atoms with E-state index in [0.717, 1.165) is 0 Å². The number of carboxylic acids is 1. The van der Waals surface area contributed by atoms with E-state index in [1.165, 1.54) is 6.07 Å². The van der Waals surface area contributed by atoms with Crippen LogP contribution in [0, 0.1) is 13.8 Å². The fraction of sp³-hybridized carbons (Fsp3) is 0.417. The van der Waals surface area contributed by atoms with Gasteiger partial charge in [-0.2, -0.15) is 0 Å². The molecule has 7 heteroatoms. The minimum atomic E-state index is -1.22. The van der Waals surface area contributed by atoms with Crippen LogP contribution in [-0.2, 0) is 9.59 Å². The first kappa shape index (κ1) is 14.7. The lowest BCUT2D eigenvalue weighted by Crippen LogP contribution is -2.41. The molecule has 0 unspecified atom stereocenters. The molecule has 0 aliphatic rings. The molecular formula is C12H16N2O5. The van der Waals surface area contributed by atoms with Gasteiger partial charge in [-0.05, 0) is 26.3 Å². The number of amides is 2. The first-order valence-electron chi connectivity index (χ1n) is 5.70. The zero-order valence-electron chi connectivity index (χ0n) is 10.7. The number of rotatable bonds is 6. The summed E-state index contributed by atoms with van der Waals surface area (Å²) < 4.78 is 5.19. The molecule has 0 fully saturated rings. The Bertz CT molecular complexity index is 506. The standard InChI is InChI=1S/C12H16N2O5/c1-6-5-8(7(2)19-6)11(16)14-9(12(17)18)3-4-10(13)15/h5,9H,3-4H2,1-2H3,(H2,13,15)(H,14,16)(H,17,18)/t9-/m1/s1. The second kappa shape index (κ2) is 6.03. The molecule has 19 heavy (non-hydrogen) atoms.